The first-order valence-corrected chi connectivity index (χ1v) is 7.93. The second kappa shape index (κ2) is 7.61. The Morgan fingerprint density at radius 1 is 1.24 bits per heavy atom. The van der Waals surface area contributed by atoms with Crippen LogP contribution in [0.25, 0.3) is 0 Å². The molecule has 2 heterocycles. The predicted octanol–water partition coefficient (Wildman–Crippen LogP) is 0.435. The molecular formula is C17H18N4O4. The van der Waals surface area contributed by atoms with Crippen molar-refractivity contribution in [1.29, 1.82) is 0 Å². The molecular weight excluding hydrogens is 324 g/mol. The van der Waals surface area contributed by atoms with Gasteiger partial charge in [-0.1, -0.05) is 18.2 Å². The number of Topliss-reactive ketones (excluding diaryl/α,β-unsaturated/α-hetero) is 1. The van der Waals surface area contributed by atoms with E-state index < -0.39 is 6.04 Å². The number of β-lactam (4-membered cyclic amide) rings is 1. The summed E-state index contributed by atoms with van der Waals surface area (Å²) in [6.45, 7) is -0.175. The zero-order valence-corrected chi connectivity index (χ0v) is 13.4. The zero-order valence-electron chi connectivity index (χ0n) is 13.4. The second-order valence-corrected chi connectivity index (χ2v) is 5.66. The van der Waals surface area contributed by atoms with Crippen molar-refractivity contribution in [3.63, 3.8) is 0 Å². The van der Waals surface area contributed by atoms with Crippen molar-refractivity contribution in [3.05, 3.63) is 48.5 Å². The van der Waals surface area contributed by atoms with E-state index in [-0.39, 0.29) is 36.7 Å². The topological polar surface area (TPSA) is 113 Å². The molecule has 8 heteroatoms. The van der Waals surface area contributed by atoms with Crippen LogP contribution in [-0.4, -0.2) is 46.3 Å². The molecule has 0 spiro atoms. The van der Waals surface area contributed by atoms with Gasteiger partial charge in [-0.15, -0.1) is 0 Å². The highest BCUT2D eigenvalue weighted by atomic mass is 16.5. The highest BCUT2D eigenvalue weighted by Crippen LogP contribution is 2.14. The number of imidazole rings is 1. The number of carbonyl (C=O) groups excluding carboxylic acids is 3. The molecule has 3 rings (SSSR count). The Balaban J connectivity index is 1.43. The molecule has 0 radical (unpaired) electrons. The number of ether oxygens (including phenoxy) is 1. The number of H-pyrrole nitrogens is 1. The summed E-state index contributed by atoms with van der Waals surface area (Å²) >= 11 is 0. The lowest BCUT2D eigenvalue weighted by Crippen LogP contribution is -2.69. The van der Waals surface area contributed by atoms with Gasteiger partial charge in [-0.05, 0) is 18.6 Å². The van der Waals surface area contributed by atoms with Crippen LogP contribution in [0, 0.1) is 0 Å². The van der Waals surface area contributed by atoms with E-state index in [1.54, 1.807) is 30.5 Å². The van der Waals surface area contributed by atoms with E-state index in [1.807, 2.05) is 6.07 Å². The van der Waals surface area contributed by atoms with Gasteiger partial charge in [0.2, 0.25) is 5.91 Å². The first-order chi connectivity index (χ1) is 12.1. The molecule has 2 unspecified atom stereocenters. The first-order valence-electron chi connectivity index (χ1n) is 7.93. The summed E-state index contributed by atoms with van der Waals surface area (Å²) in [5.41, 5.74) is 0. The number of hydrogen-bond acceptors (Lipinski definition) is 5. The number of rotatable bonds is 8. The summed E-state index contributed by atoms with van der Waals surface area (Å²) in [5, 5.41) is 5.33. The summed E-state index contributed by atoms with van der Waals surface area (Å²) in [6, 6.07) is 8.03. The SMILES string of the molecule is O=C(COc1ccccc1)NC1C(=O)NC1CCC(=O)c1ncc[nH]1. The lowest BCUT2D eigenvalue weighted by atomic mass is 9.93. The molecule has 2 amide bonds. The van der Waals surface area contributed by atoms with Crippen LogP contribution in [0.2, 0.25) is 0 Å². The Hall–Kier alpha value is -3.16. The van der Waals surface area contributed by atoms with Crippen LogP contribution in [0.5, 0.6) is 5.75 Å². The van der Waals surface area contributed by atoms with Crippen LogP contribution in [-0.2, 0) is 9.59 Å². The molecule has 2 aromatic rings. The Morgan fingerprint density at radius 3 is 2.72 bits per heavy atom. The summed E-state index contributed by atoms with van der Waals surface area (Å²) < 4.78 is 5.34. The van der Waals surface area contributed by atoms with Gasteiger partial charge in [0.1, 0.15) is 11.8 Å². The average Bonchev–Trinajstić information content (AvgIpc) is 3.17. The summed E-state index contributed by atoms with van der Waals surface area (Å²) in [5.74, 6) is 0.0945. The van der Waals surface area contributed by atoms with Crippen molar-refractivity contribution in [2.75, 3.05) is 6.61 Å². The number of benzene rings is 1. The van der Waals surface area contributed by atoms with Gasteiger partial charge in [0.05, 0.1) is 6.04 Å². The highest BCUT2D eigenvalue weighted by Gasteiger charge is 2.40. The van der Waals surface area contributed by atoms with Gasteiger partial charge >= 0.3 is 0 Å². The normalized spacial score (nSPS) is 18.8. The van der Waals surface area contributed by atoms with Gasteiger partial charge < -0.3 is 20.4 Å². The van der Waals surface area contributed by atoms with E-state index in [0.29, 0.717) is 18.0 Å². The fourth-order valence-corrected chi connectivity index (χ4v) is 2.55. The van der Waals surface area contributed by atoms with Crippen molar-refractivity contribution in [3.8, 4) is 5.75 Å². The molecule has 25 heavy (non-hydrogen) atoms. The summed E-state index contributed by atoms with van der Waals surface area (Å²) in [7, 11) is 0. The van der Waals surface area contributed by atoms with Crippen molar-refractivity contribution in [1.82, 2.24) is 20.6 Å². The number of amides is 2. The summed E-state index contributed by atoms with van der Waals surface area (Å²) in [6.07, 6.45) is 3.74. The van der Waals surface area contributed by atoms with Crippen LogP contribution in [0.1, 0.15) is 23.5 Å². The Bertz CT molecular complexity index is 745. The zero-order chi connectivity index (χ0) is 17.6. The van der Waals surface area contributed by atoms with E-state index in [4.69, 9.17) is 4.74 Å². The van der Waals surface area contributed by atoms with Crippen LogP contribution < -0.4 is 15.4 Å². The molecule has 1 aliphatic rings. The smallest absolute Gasteiger partial charge is 0.258 e. The number of para-hydroxylation sites is 1. The van der Waals surface area contributed by atoms with Crippen molar-refractivity contribution in [2.24, 2.45) is 0 Å². The molecule has 0 aliphatic carbocycles. The third kappa shape index (κ3) is 4.23. The highest BCUT2D eigenvalue weighted by molar-refractivity contribution is 5.95. The van der Waals surface area contributed by atoms with Gasteiger partial charge in [0, 0.05) is 18.8 Å². The molecule has 1 aliphatic heterocycles. The molecule has 1 aromatic carbocycles. The van der Waals surface area contributed by atoms with Crippen molar-refractivity contribution in [2.45, 2.75) is 24.9 Å². The molecule has 0 saturated carbocycles. The monoisotopic (exact) mass is 342 g/mol. The van der Waals surface area contributed by atoms with Gasteiger partial charge in [-0.25, -0.2) is 4.98 Å². The molecule has 2 atom stereocenters. The number of aromatic amines is 1. The molecule has 8 nitrogen and oxygen atoms in total. The van der Waals surface area contributed by atoms with Crippen molar-refractivity contribution >= 4 is 17.6 Å². The number of nitrogens with one attached hydrogen (secondary N) is 3. The van der Waals surface area contributed by atoms with E-state index in [0.717, 1.165) is 0 Å². The molecule has 130 valence electrons. The van der Waals surface area contributed by atoms with Crippen LogP contribution in [0.3, 0.4) is 0 Å². The molecule has 1 saturated heterocycles. The quantitative estimate of drug-likeness (QED) is 0.476. The fourth-order valence-electron chi connectivity index (χ4n) is 2.55. The first kappa shape index (κ1) is 16.7. The van der Waals surface area contributed by atoms with E-state index >= 15 is 0 Å². The standard InChI is InChI=1S/C17H18N4O4/c22-13(16-18-8-9-19-16)7-6-12-15(17(24)20-12)21-14(23)10-25-11-4-2-1-3-5-11/h1-5,8-9,12,15H,6-7,10H2,(H,18,19)(H,20,24)(H,21,23). The maximum Gasteiger partial charge on any atom is 0.258 e. The van der Waals surface area contributed by atoms with E-state index in [2.05, 4.69) is 20.6 Å². The second-order valence-electron chi connectivity index (χ2n) is 5.66. The van der Waals surface area contributed by atoms with Gasteiger partial charge in [0.25, 0.3) is 5.91 Å². The lowest BCUT2D eigenvalue weighted by molar-refractivity contribution is -0.137. The Labute approximate surface area is 144 Å². The van der Waals surface area contributed by atoms with Crippen LogP contribution >= 0.6 is 0 Å². The fraction of sp³-hybridized carbons (Fsp3) is 0.294. The summed E-state index contributed by atoms with van der Waals surface area (Å²) in [4.78, 5) is 42.1. The average molecular weight is 342 g/mol. The third-order valence-corrected chi connectivity index (χ3v) is 3.89. The molecule has 1 aromatic heterocycles. The number of nitrogens with zero attached hydrogens (tertiary/aromatic N) is 1. The minimum absolute atomic E-state index is 0.136. The predicted molar refractivity (Wildman–Crippen MR) is 88.0 cm³/mol. The van der Waals surface area contributed by atoms with Crippen molar-refractivity contribution < 1.29 is 19.1 Å². The van der Waals surface area contributed by atoms with E-state index in [1.165, 1.54) is 6.20 Å². The maximum absolute atomic E-state index is 11.9. The number of hydrogen-bond donors (Lipinski definition) is 3. The Morgan fingerprint density at radius 2 is 2.04 bits per heavy atom. The number of ketones is 1. The third-order valence-electron chi connectivity index (χ3n) is 3.89. The minimum Gasteiger partial charge on any atom is -0.484 e. The maximum atomic E-state index is 11.9. The largest absolute Gasteiger partial charge is 0.484 e. The van der Waals surface area contributed by atoms with Crippen LogP contribution in [0.15, 0.2) is 42.7 Å². The molecule has 0 bridgehead atoms. The Kier molecular flexibility index (Phi) is 5.08. The van der Waals surface area contributed by atoms with Gasteiger partial charge in [-0.3, -0.25) is 14.4 Å². The van der Waals surface area contributed by atoms with Gasteiger partial charge in [0.15, 0.2) is 18.2 Å². The molecule has 3 N–H and O–H groups in total. The number of aromatic nitrogens is 2. The van der Waals surface area contributed by atoms with Gasteiger partial charge in [-0.2, -0.15) is 0 Å². The number of carbonyl (C=O) groups is 3. The molecule has 1 fully saturated rings. The van der Waals surface area contributed by atoms with E-state index in [9.17, 15) is 14.4 Å². The van der Waals surface area contributed by atoms with Crippen LogP contribution in [0.4, 0.5) is 0 Å². The lowest BCUT2D eigenvalue weighted by Gasteiger charge is -2.37. The minimum atomic E-state index is -0.642.